The number of likely N-dealkylation sites (N-methyl/N-ethyl adjacent to an activating group) is 1. The smallest absolute Gasteiger partial charge is 0.156 e. The topological polar surface area (TPSA) is 30.9 Å². The Morgan fingerprint density at radius 2 is 1.70 bits per heavy atom. The summed E-state index contributed by atoms with van der Waals surface area (Å²) in [5.41, 5.74) is 6.55. The summed E-state index contributed by atoms with van der Waals surface area (Å²) in [5.74, 6) is 0.990. The van der Waals surface area contributed by atoms with Crippen molar-refractivity contribution in [1.82, 2.24) is 15.2 Å². The summed E-state index contributed by atoms with van der Waals surface area (Å²) in [6.07, 6.45) is 3.13. The molecule has 1 N–H and O–H groups in total. The van der Waals surface area contributed by atoms with Gasteiger partial charge >= 0.3 is 0 Å². The molecule has 2 aromatic rings. The number of hydrogen-bond donors (Lipinski definition) is 1. The standard InChI is InChI=1S/C22H27ClN4/c1-24-25-22(27-16-14-26(2)15-17-27)21(19-9-11-20(23)12-10-19)13-8-18-6-4-3-5-7-18/h3-7,9-13,24H,8,14-17H2,1-2H3/b21-13-,25-22+. The van der Waals surface area contributed by atoms with Gasteiger partial charge in [0.15, 0.2) is 5.84 Å². The summed E-state index contributed by atoms with van der Waals surface area (Å²) in [6.45, 7) is 4.01. The molecule has 0 aromatic heterocycles. The van der Waals surface area contributed by atoms with Gasteiger partial charge in [-0.05, 0) is 36.7 Å². The van der Waals surface area contributed by atoms with E-state index in [1.807, 2.05) is 25.2 Å². The molecule has 5 heteroatoms. The lowest BCUT2D eigenvalue weighted by atomic mass is 10.0. The van der Waals surface area contributed by atoms with Gasteiger partial charge in [-0.3, -0.25) is 0 Å². The second kappa shape index (κ2) is 9.58. The van der Waals surface area contributed by atoms with E-state index in [-0.39, 0.29) is 0 Å². The quantitative estimate of drug-likeness (QED) is 0.485. The molecule has 0 saturated carbocycles. The minimum absolute atomic E-state index is 0.743. The van der Waals surface area contributed by atoms with Gasteiger partial charge in [0.05, 0.1) is 0 Å². The van der Waals surface area contributed by atoms with Crippen molar-refractivity contribution in [3.05, 3.63) is 76.8 Å². The zero-order valence-electron chi connectivity index (χ0n) is 16.0. The molecule has 1 heterocycles. The molecular formula is C22H27ClN4. The molecule has 0 bridgehead atoms. The second-order valence-electron chi connectivity index (χ2n) is 6.76. The second-order valence-corrected chi connectivity index (χ2v) is 7.20. The van der Waals surface area contributed by atoms with Crippen LogP contribution in [0.25, 0.3) is 5.57 Å². The Bertz CT molecular complexity index is 776. The van der Waals surface area contributed by atoms with E-state index in [4.69, 9.17) is 11.6 Å². The Balaban J connectivity index is 1.95. The highest BCUT2D eigenvalue weighted by Gasteiger charge is 2.21. The molecule has 3 rings (SSSR count). The van der Waals surface area contributed by atoms with E-state index in [0.29, 0.717) is 0 Å². The van der Waals surface area contributed by atoms with Crippen molar-refractivity contribution < 1.29 is 0 Å². The highest BCUT2D eigenvalue weighted by atomic mass is 35.5. The average molecular weight is 383 g/mol. The molecule has 0 amide bonds. The normalized spacial score (nSPS) is 16.5. The van der Waals surface area contributed by atoms with E-state index in [9.17, 15) is 0 Å². The minimum Gasteiger partial charge on any atom is -0.352 e. The Morgan fingerprint density at radius 3 is 2.33 bits per heavy atom. The lowest BCUT2D eigenvalue weighted by Gasteiger charge is -2.35. The first-order valence-corrected chi connectivity index (χ1v) is 9.73. The third-order valence-electron chi connectivity index (χ3n) is 4.80. The number of nitrogens with one attached hydrogen (secondary N) is 1. The van der Waals surface area contributed by atoms with Crippen molar-refractivity contribution in [3.63, 3.8) is 0 Å². The largest absolute Gasteiger partial charge is 0.352 e. The maximum atomic E-state index is 6.12. The van der Waals surface area contributed by atoms with Crippen LogP contribution in [-0.4, -0.2) is 55.9 Å². The van der Waals surface area contributed by atoms with Gasteiger partial charge in [0, 0.05) is 43.8 Å². The first-order valence-electron chi connectivity index (χ1n) is 9.35. The van der Waals surface area contributed by atoms with Gasteiger partial charge < -0.3 is 15.2 Å². The van der Waals surface area contributed by atoms with Crippen LogP contribution in [0.1, 0.15) is 11.1 Å². The number of nitrogens with zero attached hydrogens (tertiary/aromatic N) is 3. The number of allylic oxidation sites excluding steroid dienone is 1. The van der Waals surface area contributed by atoms with Crippen LogP contribution in [-0.2, 0) is 6.42 Å². The van der Waals surface area contributed by atoms with Gasteiger partial charge in [-0.25, -0.2) is 0 Å². The van der Waals surface area contributed by atoms with Crippen LogP contribution in [0.4, 0.5) is 0 Å². The van der Waals surface area contributed by atoms with Crippen molar-refractivity contribution in [2.75, 3.05) is 40.3 Å². The third-order valence-corrected chi connectivity index (χ3v) is 5.05. The van der Waals surface area contributed by atoms with Gasteiger partial charge in [-0.1, -0.05) is 60.1 Å². The Labute approximate surface area is 167 Å². The zero-order chi connectivity index (χ0) is 19.1. The molecule has 1 aliphatic heterocycles. The van der Waals surface area contributed by atoms with Crippen LogP contribution in [0.15, 0.2) is 65.8 Å². The molecular weight excluding hydrogens is 356 g/mol. The first kappa shape index (κ1) is 19.5. The van der Waals surface area contributed by atoms with Gasteiger partial charge in [-0.2, -0.15) is 5.10 Å². The number of benzene rings is 2. The summed E-state index contributed by atoms with van der Waals surface area (Å²) >= 11 is 6.12. The van der Waals surface area contributed by atoms with Crippen molar-refractivity contribution >= 4 is 23.0 Å². The summed E-state index contributed by atoms with van der Waals surface area (Å²) in [6, 6.07) is 18.5. The van der Waals surface area contributed by atoms with E-state index in [1.165, 1.54) is 5.56 Å². The predicted octanol–water partition coefficient (Wildman–Crippen LogP) is 3.75. The van der Waals surface area contributed by atoms with Crippen LogP contribution in [0.2, 0.25) is 5.02 Å². The molecule has 1 saturated heterocycles. The summed E-state index contributed by atoms with van der Waals surface area (Å²) in [4.78, 5) is 4.71. The number of hydrogen-bond acceptors (Lipinski definition) is 3. The number of amidine groups is 1. The van der Waals surface area contributed by atoms with Crippen molar-refractivity contribution in [2.24, 2.45) is 5.10 Å². The predicted molar refractivity (Wildman–Crippen MR) is 115 cm³/mol. The monoisotopic (exact) mass is 382 g/mol. The summed E-state index contributed by atoms with van der Waals surface area (Å²) in [5, 5.41) is 5.40. The van der Waals surface area contributed by atoms with Crippen molar-refractivity contribution in [1.29, 1.82) is 0 Å². The molecule has 0 atom stereocenters. The first-order chi connectivity index (χ1) is 13.2. The van der Waals surface area contributed by atoms with Crippen LogP contribution in [0.5, 0.6) is 0 Å². The average Bonchev–Trinajstić information content (AvgIpc) is 2.70. The molecule has 0 radical (unpaired) electrons. The van der Waals surface area contributed by atoms with Crippen LogP contribution >= 0.6 is 11.6 Å². The van der Waals surface area contributed by atoms with E-state index < -0.39 is 0 Å². The summed E-state index contributed by atoms with van der Waals surface area (Å²) < 4.78 is 0. The maximum Gasteiger partial charge on any atom is 0.156 e. The molecule has 4 nitrogen and oxygen atoms in total. The van der Waals surface area contributed by atoms with Crippen molar-refractivity contribution in [3.8, 4) is 0 Å². The number of halogens is 1. The maximum absolute atomic E-state index is 6.12. The Hall–Kier alpha value is -2.30. The van der Waals surface area contributed by atoms with Crippen LogP contribution < -0.4 is 5.43 Å². The van der Waals surface area contributed by atoms with Gasteiger partial charge in [0.2, 0.25) is 0 Å². The van der Waals surface area contributed by atoms with Gasteiger partial charge in [0.1, 0.15) is 0 Å². The zero-order valence-corrected chi connectivity index (χ0v) is 16.8. The fourth-order valence-electron chi connectivity index (χ4n) is 3.23. The Morgan fingerprint density at radius 1 is 1.04 bits per heavy atom. The van der Waals surface area contributed by atoms with Gasteiger partial charge in [0.25, 0.3) is 0 Å². The molecule has 0 unspecified atom stereocenters. The fraction of sp³-hybridized carbons (Fsp3) is 0.318. The summed E-state index contributed by atoms with van der Waals surface area (Å²) in [7, 11) is 4.02. The fourth-order valence-corrected chi connectivity index (χ4v) is 3.35. The SMILES string of the molecule is CN/N=C(\C(=C/Cc1ccccc1)c1ccc(Cl)cc1)N1CCN(C)CC1. The van der Waals surface area contributed by atoms with Gasteiger partial charge in [-0.15, -0.1) is 0 Å². The number of piperazine rings is 1. The molecule has 1 fully saturated rings. The number of rotatable bonds is 5. The lowest BCUT2D eigenvalue weighted by molar-refractivity contribution is 0.216. The molecule has 1 aliphatic rings. The molecule has 27 heavy (non-hydrogen) atoms. The molecule has 2 aromatic carbocycles. The van der Waals surface area contributed by atoms with Crippen LogP contribution in [0.3, 0.4) is 0 Å². The van der Waals surface area contributed by atoms with Crippen molar-refractivity contribution in [2.45, 2.75) is 6.42 Å². The lowest BCUT2D eigenvalue weighted by Crippen LogP contribution is -2.47. The van der Waals surface area contributed by atoms with Crippen LogP contribution in [0, 0.1) is 0 Å². The van der Waals surface area contributed by atoms with E-state index in [0.717, 1.165) is 54.6 Å². The third kappa shape index (κ3) is 5.34. The molecule has 0 aliphatic carbocycles. The molecule has 0 spiro atoms. The Kier molecular flexibility index (Phi) is 6.91. The van der Waals surface area contributed by atoms with E-state index in [2.05, 4.69) is 69.8 Å². The molecule has 142 valence electrons. The van der Waals surface area contributed by atoms with E-state index in [1.54, 1.807) is 0 Å². The minimum atomic E-state index is 0.743. The number of hydrazone groups is 1. The highest BCUT2D eigenvalue weighted by Crippen LogP contribution is 2.22. The van der Waals surface area contributed by atoms with E-state index >= 15 is 0 Å². The highest BCUT2D eigenvalue weighted by molar-refractivity contribution is 6.30.